The summed E-state index contributed by atoms with van der Waals surface area (Å²) in [6.45, 7) is 5.30. The fourth-order valence-corrected chi connectivity index (χ4v) is 3.56. The number of carbonyl (C=O) groups excluding carboxylic acids is 1. The van der Waals surface area contributed by atoms with Gasteiger partial charge in [0.15, 0.2) is 0 Å². The summed E-state index contributed by atoms with van der Waals surface area (Å²) in [6.07, 6.45) is 3.38. The Morgan fingerprint density at radius 1 is 1.39 bits per heavy atom. The van der Waals surface area contributed by atoms with E-state index in [1.54, 1.807) is 0 Å². The number of nitrogens with two attached hydrogens (primary N) is 1. The second kappa shape index (κ2) is 6.52. The molecule has 5 nitrogen and oxygen atoms in total. The van der Waals surface area contributed by atoms with Crippen molar-refractivity contribution in [2.75, 3.05) is 18.8 Å². The molecule has 1 rings (SSSR count). The lowest BCUT2D eigenvalue weighted by Crippen LogP contribution is -2.44. The average molecular weight is 276 g/mol. The molecule has 0 aliphatic carbocycles. The summed E-state index contributed by atoms with van der Waals surface area (Å²) in [4.78, 5) is 14.0. The van der Waals surface area contributed by atoms with Crippen LogP contribution in [0.25, 0.3) is 0 Å². The Morgan fingerprint density at radius 3 is 2.50 bits per heavy atom. The lowest BCUT2D eigenvalue weighted by Gasteiger charge is -2.34. The second-order valence-electron chi connectivity index (χ2n) is 5.14. The van der Waals surface area contributed by atoms with Gasteiger partial charge in [0, 0.05) is 19.0 Å². The fourth-order valence-electron chi connectivity index (χ4n) is 2.63. The maximum atomic E-state index is 12.2. The minimum absolute atomic E-state index is 0.00735. The molecule has 0 aromatic rings. The van der Waals surface area contributed by atoms with Crippen molar-refractivity contribution in [3.8, 4) is 0 Å². The highest BCUT2D eigenvalue weighted by molar-refractivity contribution is 7.89. The predicted molar refractivity (Wildman–Crippen MR) is 71.4 cm³/mol. The number of hydrogen-bond donors (Lipinski definition) is 1. The van der Waals surface area contributed by atoms with E-state index in [4.69, 9.17) is 5.14 Å². The van der Waals surface area contributed by atoms with Crippen LogP contribution in [0, 0.1) is 11.8 Å². The number of amides is 1. The molecule has 0 aromatic carbocycles. The van der Waals surface area contributed by atoms with Crippen LogP contribution in [0.1, 0.15) is 39.5 Å². The number of likely N-dealkylation sites (tertiary alicyclic amines) is 1. The van der Waals surface area contributed by atoms with Crippen molar-refractivity contribution >= 4 is 15.9 Å². The molecule has 1 amide bonds. The van der Waals surface area contributed by atoms with E-state index in [0.29, 0.717) is 6.54 Å². The Labute approximate surface area is 110 Å². The molecule has 1 saturated heterocycles. The number of nitrogens with zero attached hydrogens (tertiary/aromatic N) is 1. The van der Waals surface area contributed by atoms with E-state index in [9.17, 15) is 13.2 Å². The minimum atomic E-state index is -3.44. The van der Waals surface area contributed by atoms with Gasteiger partial charge >= 0.3 is 0 Å². The lowest BCUT2D eigenvalue weighted by molar-refractivity contribution is -0.137. The molecule has 0 bridgehead atoms. The number of carbonyl (C=O) groups is 1. The van der Waals surface area contributed by atoms with Crippen LogP contribution in [0.3, 0.4) is 0 Å². The van der Waals surface area contributed by atoms with E-state index in [1.807, 2.05) is 18.7 Å². The average Bonchev–Trinajstić information content (AvgIpc) is 2.28. The largest absolute Gasteiger partial charge is 0.342 e. The first-order valence-corrected chi connectivity index (χ1v) is 8.38. The Morgan fingerprint density at radius 2 is 2.00 bits per heavy atom. The molecule has 1 heterocycles. The molecule has 0 unspecified atom stereocenters. The van der Waals surface area contributed by atoms with Crippen molar-refractivity contribution in [1.82, 2.24) is 4.90 Å². The monoisotopic (exact) mass is 276 g/mol. The maximum absolute atomic E-state index is 12.2. The third kappa shape index (κ3) is 4.57. The summed E-state index contributed by atoms with van der Waals surface area (Å²) in [5.74, 6) is 0.212. The summed E-state index contributed by atoms with van der Waals surface area (Å²) in [5.41, 5.74) is 0. The van der Waals surface area contributed by atoms with Crippen LogP contribution in [0.15, 0.2) is 0 Å². The molecular weight excluding hydrogens is 252 g/mol. The molecule has 6 heteroatoms. The number of rotatable bonds is 5. The number of hydrogen-bond acceptors (Lipinski definition) is 3. The number of piperidine rings is 1. The lowest BCUT2D eigenvalue weighted by atomic mass is 9.96. The highest BCUT2D eigenvalue weighted by atomic mass is 32.2. The first kappa shape index (κ1) is 15.4. The molecule has 1 aliphatic heterocycles. The molecule has 0 aromatic heterocycles. The molecule has 106 valence electrons. The van der Waals surface area contributed by atoms with Crippen LogP contribution in [-0.2, 0) is 14.8 Å². The molecular formula is C12H24N2O3S. The van der Waals surface area contributed by atoms with E-state index in [2.05, 4.69) is 0 Å². The molecule has 0 radical (unpaired) electrons. The SMILES string of the molecule is CCC(CC)C(=O)N1CCC[C@H](CS(N)(=O)=O)C1. The van der Waals surface area contributed by atoms with E-state index >= 15 is 0 Å². The van der Waals surface area contributed by atoms with Crippen LogP contribution in [0.2, 0.25) is 0 Å². The molecule has 0 saturated carbocycles. The molecule has 18 heavy (non-hydrogen) atoms. The van der Waals surface area contributed by atoms with Crippen LogP contribution in [0.5, 0.6) is 0 Å². The topological polar surface area (TPSA) is 80.5 Å². The Balaban J connectivity index is 2.61. The first-order chi connectivity index (χ1) is 8.37. The van der Waals surface area contributed by atoms with Gasteiger partial charge < -0.3 is 4.90 Å². The standard InChI is InChI=1S/C12H24N2O3S/c1-3-11(4-2)12(15)14-7-5-6-10(8-14)9-18(13,16)17/h10-11H,3-9H2,1-2H3,(H2,13,16,17)/t10-/m0/s1. The van der Waals surface area contributed by atoms with E-state index in [0.717, 1.165) is 32.2 Å². The van der Waals surface area contributed by atoms with Crippen molar-refractivity contribution in [2.45, 2.75) is 39.5 Å². The second-order valence-corrected chi connectivity index (χ2v) is 6.79. The fraction of sp³-hybridized carbons (Fsp3) is 0.917. The number of primary sulfonamides is 1. The summed E-state index contributed by atoms with van der Waals surface area (Å²) >= 11 is 0. The predicted octanol–water partition coefficient (Wildman–Crippen LogP) is 0.950. The van der Waals surface area contributed by atoms with E-state index in [1.165, 1.54) is 0 Å². The Bertz CT molecular complexity index is 377. The van der Waals surface area contributed by atoms with Gasteiger partial charge in [-0.2, -0.15) is 0 Å². The van der Waals surface area contributed by atoms with Crippen LogP contribution < -0.4 is 5.14 Å². The first-order valence-electron chi connectivity index (χ1n) is 6.66. The van der Waals surface area contributed by atoms with Gasteiger partial charge in [0.25, 0.3) is 0 Å². The van der Waals surface area contributed by atoms with Gasteiger partial charge in [-0.1, -0.05) is 13.8 Å². The smallest absolute Gasteiger partial charge is 0.225 e. The molecule has 1 aliphatic rings. The summed E-state index contributed by atoms with van der Waals surface area (Å²) in [6, 6.07) is 0. The summed E-state index contributed by atoms with van der Waals surface area (Å²) < 4.78 is 22.2. The Kier molecular flexibility index (Phi) is 5.59. The van der Waals surface area contributed by atoms with Gasteiger partial charge in [0.2, 0.25) is 15.9 Å². The number of sulfonamides is 1. The highest BCUT2D eigenvalue weighted by Crippen LogP contribution is 2.21. The third-order valence-corrected chi connectivity index (χ3v) is 4.57. The van der Waals surface area contributed by atoms with Gasteiger partial charge in [0.05, 0.1) is 5.75 Å². The Hall–Kier alpha value is -0.620. The van der Waals surface area contributed by atoms with Crippen molar-refractivity contribution in [2.24, 2.45) is 17.0 Å². The van der Waals surface area contributed by atoms with Crippen LogP contribution in [-0.4, -0.2) is 38.1 Å². The molecule has 1 atom stereocenters. The van der Waals surface area contributed by atoms with Gasteiger partial charge in [-0.15, -0.1) is 0 Å². The van der Waals surface area contributed by atoms with Gasteiger partial charge in [0.1, 0.15) is 0 Å². The zero-order valence-electron chi connectivity index (χ0n) is 11.3. The molecule has 1 fully saturated rings. The minimum Gasteiger partial charge on any atom is -0.342 e. The third-order valence-electron chi connectivity index (χ3n) is 3.63. The van der Waals surface area contributed by atoms with Gasteiger partial charge in [-0.3, -0.25) is 4.79 Å². The van der Waals surface area contributed by atoms with Crippen LogP contribution >= 0.6 is 0 Å². The molecule has 0 spiro atoms. The maximum Gasteiger partial charge on any atom is 0.225 e. The normalized spacial score (nSPS) is 21.3. The van der Waals surface area contributed by atoms with E-state index < -0.39 is 10.0 Å². The van der Waals surface area contributed by atoms with Crippen molar-refractivity contribution < 1.29 is 13.2 Å². The highest BCUT2D eigenvalue weighted by Gasteiger charge is 2.28. The molecule has 2 N–H and O–H groups in total. The summed E-state index contributed by atoms with van der Waals surface area (Å²) in [5, 5.41) is 5.07. The zero-order valence-corrected chi connectivity index (χ0v) is 12.1. The quantitative estimate of drug-likeness (QED) is 0.811. The van der Waals surface area contributed by atoms with Crippen molar-refractivity contribution in [3.63, 3.8) is 0 Å². The van der Waals surface area contributed by atoms with E-state index in [-0.39, 0.29) is 23.5 Å². The zero-order chi connectivity index (χ0) is 13.8. The van der Waals surface area contributed by atoms with Crippen molar-refractivity contribution in [1.29, 1.82) is 0 Å². The van der Waals surface area contributed by atoms with Crippen molar-refractivity contribution in [3.05, 3.63) is 0 Å². The summed E-state index contributed by atoms with van der Waals surface area (Å²) in [7, 11) is -3.44. The van der Waals surface area contributed by atoms with Crippen LogP contribution in [0.4, 0.5) is 0 Å². The van der Waals surface area contributed by atoms with Gasteiger partial charge in [-0.05, 0) is 31.6 Å². The van der Waals surface area contributed by atoms with Gasteiger partial charge in [-0.25, -0.2) is 13.6 Å².